The molecule has 0 unspecified atom stereocenters. The van der Waals surface area contributed by atoms with Crippen LogP contribution in [0.3, 0.4) is 0 Å². The maximum Gasteiger partial charge on any atom is 0.354 e. The highest BCUT2D eigenvalue weighted by Crippen LogP contribution is 2.06. The fraction of sp³-hybridized carbons (Fsp3) is 0.250. The summed E-state index contributed by atoms with van der Waals surface area (Å²) in [6, 6.07) is 13.6. The molecule has 1 aromatic carbocycles. The second-order valence-electron chi connectivity index (χ2n) is 4.50. The lowest BCUT2D eigenvalue weighted by Crippen LogP contribution is -2.02. The normalized spacial score (nSPS) is 10.4. The van der Waals surface area contributed by atoms with E-state index in [0.717, 1.165) is 18.4 Å². The van der Waals surface area contributed by atoms with Crippen LogP contribution in [-0.2, 0) is 17.8 Å². The molecule has 0 spiro atoms. The Morgan fingerprint density at radius 3 is 2.70 bits per heavy atom. The standard InChI is InChI=1S/C16H17NO3/c18-16(19)15-11-14(8-9-17-15)12-20-10-4-7-13-5-2-1-3-6-13/h1-3,5-6,8-9,11H,4,7,10,12H2,(H,18,19). The molecule has 0 aliphatic rings. The molecule has 20 heavy (non-hydrogen) atoms. The molecule has 0 bridgehead atoms. The number of hydrogen-bond acceptors (Lipinski definition) is 3. The van der Waals surface area contributed by atoms with Crippen molar-refractivity contribution in [3.63, 3.8) is 0 Å². The van der Waals surface area contributed by atoms with Crippen molar-refractivity contribution < 1.29 is 14.6 Å². The summed E-state index contributed by atoms with van der Waals surface area (Å²) in [6.45, 7) is 1.07. The summed E-state index contributed by atoms with van der Waals surface area (Å²) in [4.78, 5) is 14.6. The fourth-order valence-corrected chi connectivity index (χ4v) is 1.89. The summed E-state index contributed by atoms with van der Waals surface area (Å²) < 4.78 is 5.56. The van der Waals surface area contributed by atoms with Crippen LogP contribution in [0, 0.1) is 0 Å². The van der Waals surface area contributed by atoms with Crippen molar-refractivity contribution in [1.29, 1.82) is 0 Å². The maximum absolute atomic E-state index is 10.8. The van der Waals surface area contributed by atoms with E-state index in [2.05, 4.69) is 17.1 Å². The van der Waals surface area contributed by atoms with Crippen LogP contribution in [0.4, 0.5) is 0 Å². The number of carboxylic acid groups (broad SMARTS) is 1. The summed E-state index contributed by atoms with van der Waals surface area (Å²) in [5.74, 6) is -1.02. The Morgan fingerprint density at radius 2 is 1.95 bits per heavy atom. The van der Waals surface area contributed by atoms with E-state index in [-0.39, 0.29) is 5.69 Å². The Hall–Kier alpha value is -2.20. The Labute approximate surface area is 118 Å². The second-order valence-corrected chi connectivity index (χ2v) is 4.50. The second kappa shape index (κ2) is 7.40. The van der Waals surface area contributed by atoms with Crippen LogP contribution in [0.1, 0.15) is 28.0 Å². The maximum atomic E-state index is 10.8. The predicted octanol–water partition coefficient (Wildman–Crippen LogP) is 2.93. The van der Waals surface area contributed by atoms with Gasteiger partial charge in [0.2, 0.25) is 0 Å². The molecular weight excluding hydrogens is 254 g/mol. The molecule has 0 atom stereocenters. The molecule has 2 aromatic rings. The van der Waals surface area contributed by atoms with Gasteiger partial charge in [0.25, 0.3) is 0 Å². The van der Waals surface area contributed by atoms with Gasteiger partial charge in [-0.3, -0.25) is 0 Å². The molecule has 4 heteroatoms. The van der Waals surface area contributed by atoms with E-state index in [1.54, 1.807) is 12.1 Å². The first kappa shape index (κ1) is 14.2. The molecule has 4 nitrogen and oxygen atoms in total. The average molecular weight is 271 g/mol. The first-order valence-electron chi connectivity index (χ1n) is 6.55. The van der Waals surface area contributed by atoms with E-state index in [4.69, 9.17) is 9.84 Å². The molecule has 0 fully saturated rings. The Morgan fingerprint density at radius 1 is 1.15 bits per heavy atom. The Bertz CT molecular complexity index is 555. The van der Waals surface area contributed by atoms with Gasteiger partial charge in [0, 0.05) is 12.8 Å². The molecule has 1 heterocycles. The Balaban J connectivity index is 1.71. The van der Waals surface area contributed by atoms with E-state index in [0.29, 0.717) is 13.2 Å². The van der Waals surface area contributed by atoms with Gasteiger partial charge in [0.15, 0.2) is 0 Å². The third-order valence-electron chi connectivity index (χ3n) is 2.91. The van der Waals surface area contributed by atoms with Gasteiger partial charge in [-0.25, -0.2) is 9.78 Å². The molecule has 2 rings (SSSR count). The monoisotopic (exact) mass is 271 g/mol. The van der Waals surface area contributed by atoms with Gasteiger partial charge in [0.05, 0.1) is 6.61 Å². The van der Waals surface area contributed by atoms with Crippen LogP contribution in [0.5, 0.6) is 0 Å². The number of aryl methyl sites for hydroxylation is 1. The van der Waals surface area contributed by atoms with Crippen LogP contribution in [-0.4, -0.2) is 22.7 Å². The lowest BCUT2D eigenvalue weighted by atomic mass is 10.1. The van der Waals surface area contributed by atoms with Gasteiger partial charge in [-0.1, -0.05) is 30.3 Å². The van der Waals surface area contributed by atoms with E-state index in [1.165, 1.54) is 11.8 Å². The van der Waals surface area contributed by atoms with E-state index >= 15 is 0 Å². The molecule has 0 amide bonds. The van der Waals surface area contributed by atoms with Crippen molar-refractivity contribution in [1.82, 2.24) is 4.98 Å². The minimum absolute atomic E-state index is 0.0513. The zero-order valence-electron chi connectivity index (χ0n) is 11.2. The van der Waals surface area contributed by atoms with Crippen LogP contribution < -0.4 is 0 Å². The van der Waals surface area contributed by atoms with E-state index < -0.39 is 5.97 Å². The lowest BCUT2D eigenvalue weighted by molar-refractivity contribution is 0.0689. The summed E-state index contributed by atoms with van der Waals surface area (Å²) in [7, 11) is 0. The molecule has 0 aliphatic heterocycles. The third-order valence-corrected chi connectivity index (χ3v) is 2.91. The first-order valence-corrected chi connectivity index (χ1v) is 6.55. The number of aromatic carboxylic acids is 1. The topological polar surface area (TPSA) is 59.4 Å². The van der Waals surface area contributed by atoms with Crippen molar-refractivity contribution in [3.8, 4) is 0 Å². The summed E-state index contributed by atoms with van der Waals surface area (Å²) in [5, 5.41) is 8.84. The van der Waals surface area contributed by atoms with Gasteiger partial charge in [0.1, 0.15) is 5.69 Å². The molecule has 0 aliphatic carbocycles. The van der Waals surface area contributed by atoms with Gasteiger partial charge >= 0.3 is 5.97 Å². The van der Waals surface area contributed by atoms with Gasteiger partial charge in [-0.15, -0.1) is 0 Å². The van der Waals surface area contributed by atoms with E-state index in [1.807, 2.05) is 18.2 Å². The largest absolute Gasteiger partial charge is 0.477 e. The van der Waals surface area contributed by atoms with Crippen molar-refractivity contribution in [2.45, 2.75) is 19.4 Å². The molecule has 0 saturated heterocycles. The van der Waals surface area contributed by atoms with Gasteiger partial charge in [-0.05, 0) is 36.1 Å². The van der Waals surface area contributed by atoms with E-state index in [9.17, 15) is 4.79 Å². The minimum Gasteiger partial charge on any atom is -0.477 e. The van der Waals surface area contributed by atoms with Gasteiger partial charge in [-0.2, -0.15) is 0 Å². The summed E-state index contributed by atoms with van der Waals surface area (Å²) >= 11 is 0. The third kappa shape index (κ3) is 4.48. The van der Waals surface area contributed by atoms with Crippen LogP contribution in [0.25, 0.3) is 0 Å². The quantitative estimate of drug-likeness (QED) is 0.787. The van der Waals surface area contributed by atoms with Crippen LogP contribution in [0.2, 0.25) is 0 Å². The highest BCUT2D eigenvalue weighted by atomic mass is 16.5. The molecule has 0 radical (unpaired) electrons. The van der Waals surface area contributed by atoms with Crippen LogP contribution in [0.15, 0.2) is 48.7 Å². The highest BCUT2D eigenvalue weighted by Gasteiger charge is 2.04. The van der Waals surface area contributed by atoms with Crippen molar-refractivity contribution in [2.24, 2.45) is 0 Å². The zero-order valence-corrected chi connectivity index (χ0v) is 11.2. The van der Waals surface area contributed by atoms with Gasteiger partial charge < -0.3 is 9.84 Å². The lowest BCUT2D eigenvalue weighted by Gasteiger charge is -2.05. The number of carbonyl (C=O) groups is 1. The zero-order chi connectivity index (χ0) is 14.2. The number of rotatable bonds is 7. The molecule has 1 aromatic heterocycles. The molecule has 104 valence electrons. The minimum atomic E-state index is -1.02. The number of benzene rings is 1. The van der Waals surface area contributed by atoms with Crippen molar-refractivity contribution in [3.05, 3.63) is 65.5 Å². The number of aromatic nitrogens is 1. The van der Waals surface area contributed by atoms with Crippen molar-refractivity contribution in [2.75, 3.05) is 6.61 Å². The number of pyridine rings is 1. The highest BCUT2D eigenvalue weighted by molar-refractivity contribution is 5.85. The first-order chi connectivity index (χ1) is 9.75. The van der Waals surface area contributed by atoms with Crippen molar-refractivity contribution >= 4 is 5.97 Å². The average Bonchev–Trinajstić information content (AvgIpc) is 2.48. The summed E-state index contributed by atoms with van der Waals surface area (Å²) in [6.07, 6.45) is 3.42. The molecule has 0 saturated carbocycles. The predicted molar refractivity (Wildman–Crippen MR) is 75.6 cm³/mol. The number of hydrogen-bond donors (Lipinski definition) is 1. The summed E-state index contributed by atoms with van der Waals surface area (Å²) in [5.41, 5.74) is 2.18. The fourth-order valence-electron chi connectivity index (χ4n) is 1.89. The number of ether oxygens (including phenoxy) is 1. The Kier molecular flexibility index (Phi) is 5.26. The number of nitrogens with zero attached hydrogens (tertiary/aromatic N) is 1. The molecule has 1 N–H and O–H groups in total. The number of carboxylic acids is 1. The molecular formula is C16H17NO3. The SMILES string of the molecule is O=C(O)c1cc(COCCCc2ccccc2)ccn1. The van der Waals surface area contributed by atoms with Crippen LogP contribution >= 0.6 is 0 Å². The smallest absolute Gasteiger partial charge is 0.354 e.